The van der Waals surface area contributed by atoms with Gasteiger partial charge in [-0.1, -0.05) is 31.9 Å². The molecule has 1 aromatic rings. The standard InChI is InChI=1S/C12H17F2N/c1-3-4-5-10(15)9-7-6-8(2)11(13)12(9)14/h6-7,10H,3-5,15H2,1-2H3/t10-/m1/s1. The van der Waals surface area contributed by atoms with Crippen molar-refractivity contribution in [2.24, 2.45) is 5.73 Å². The van der Waals surface area contributed by atoms with Gasteiger partial charge < -0.3 is 5.73 Å². The van der Waals surface area contributed by atoms with Crippen LogP contribution in [0.25, 0.3) is 0 Å². The average Bonchev–Trinajstić information content (AvgIpc) is 2.23. The van der Waals surface area contributed by atoms with Crippen LogP contribution >= 0.6 is 0 Å². The second kappa shape index (κ2) is 5.21. The summed E-state index contributed by atoms with van der Waals surface area (Å²) < 4.78 is 26.7. The van der Waals surface area contributed by atoms with Gasteiger partial charge in [-0.3, -0.25) is 0 Å². The monoisotopic (exact) mass is 213 g/mol. The van der Waals surface area contributed by atoms with Gasteiger partial charge in [-0.25, -0.2) is 8.78 Å². The lowest BCUT2D eigenvalue weighted by molar-refractivity contribution is 0.475. The molecule has 1 nitrogen and oxygen atoms in total. The Balaban J connectivity index is 2.90. The molecular formula is C12H17F2N. The molecule has 0 saturated heterocycles. The lowest BCUT2D eigenvalue weighted by Crippen LogP contribution is -2.13. The first-order chi connectivity index (χ1) is 7.07. The van der Waals surface area contributed by atoms with Crippen molar-refractivity contribution >= 4 is 0 Å². The third kappa shape index (κ3) is 2.75. The molecule has 0 bridgehead atoms. The number of hydrogen-bond acceptors (Lipinski definition) is 1. The van der Waals surface area contributed by atoms with Crippen LogP contribution in [0.1, 0.15) is 43.4 Å². The summed E-state index contributed by atoms with van der Waals surface area (Å²) in [5.74, 6) is -1.57. The van der Waals surface area contributed by atoms with Gasteiger partial charge in [-0.2, -0.15) is 0 Å². The zero-order valence-corrected chi connectivity index (χ0v) is 9.19. The van der Waals surface area contributed by atoms with Crippen LogP contribution in [-0.2, 0) is 0 Å². The highest BCUT2D eigenvalue weighted by atomic mass is 19.2. The Labute approximate surface area is 89.3 Å². The Morgan fingerprint density at radius 1 is 1.27 bits per heavy atom. The fraction of sp³-hybridized carbons (Fsp3) is 0.500. The summed E-state index contributed by atoms with van der Waals surface area (Å²) >= 11 is 0. The van der Waals surface area contributed by atoms with Crippen LogP contribution in [-0.4, -0.2) is 0 Å². The normalized spacial score (nSPS) is 12.9. The number of rotatable bonds is 4. The minimum Gasteiger partial charge on any atom is -0.324 e. The zero-order chi connectivity index (χ0) is 11.4. The van der Waals surface area contributed by atoms with E-state index in [0.29, 0.717) is 12.0 Å². The first-order valence-electron chi connectivity index (χ1n) is 5.28. The Morgan fingerprint density at radius 3 is 2.53 bits per heavy atom. The Kier molecular flexibility index (Phi) is 4.21. The highest BCUT2D eigenvalue weighted by molar-refractivity contribution is 5.27. The van der Waals surface area contributed by atoms with Gasteiger partial charge in [0.25, 0.3) is 0 Å². The summed E-state index contributed by atoms with van der Waals surface area (Å²) in [5.41, 5.74) is 6.40. The second-order valence-electron chi connectivity index (χ2n) is 3.85. The fourth-order valence-corrected chi connectivity index (χ4v) is 1.53. The summed E-state index contributed by atoms with van der Waals surface area (Å²) in [6.45, 7) is 3.58. The minimum absolute atomic E-state index is 0.284. The van der Waals surface area contributed by atoms with Gasteiger partial charge in [0.05, 0.1) is 0 Å². The number of nitrogens with two attached hydrogens (primary N) is 1. The van der Waals surface area contributed by atoms with Gasteiger partial charge in [0.2, 0.25) is 0 Å². The summed E-state index contributed by atoms with van der Waals surface area (Å²) in [6.07, 6.45) is 2.62. The number of hydrogen-bond donors (Lipinski definition) is 1. The topological polar surface area (TPSA) is 26.0 Å². The molecular weight excluding hydrogens is 196 g/mol. The average molecular weight is 213 g/mol. The predicted octanol–water partition coefficient (Wildman–Crippen LogP) is 3.46. The van der Waals surface area contributed by atoms with E-state index in [-0.39, 0.29) is 5.56 Å². The largest absolute Gasteiger partial charge is 0.324 e. The zero-order valence-electron chi connectivity index (χ0n) is 9.19. The Bertz CT molecular complexity index is 337. The summed E-state index contributed by atoms with van der Waals surface area (Å²) in [7, 11) is 0. The van der Waals surface area contributed by atoms with Crippen molar-refractivity contribution < 1.29 is 8.78 Å². The number of benzene rings is 1. The molecule has 0 aromatic heterocycles. The summed E-state index contributed by atoms with van der Waals surface area (Å²) in [6, 6.07) is 2.74. The number of unbranched alkanes of at least 4 members (excludes halogenated alkanes) is 1. The van der Waals surface area contributed by atoms with Crippen LogP contribution < -0.4 is 5.73 Å². The SMILES string of the molecule is CCCC[C@@H](N)c1ccc(C)c(F)c1F. The molecule has 1 rings (SSSR count). The van der Waals surface area contributed by atoms with Gasteiger partial charge in [0.15, 0.2) is 11.6 Å². The van der Waals surface area contributed by atoms with Crippen molar-refractivity contribution in [1.29, 1.82) is 0 Å². The van der Waals surface area contributed by atoms with Crippen LogP contribution in [0.3, 0.4) is 0 Å². The smallest absolute Gasteiger partial charge is 0.163 e. The van der Waals surface area contributed by atoms with E-state index in [1.807, 2.05) is 6.92 Å². The van der Waals surface area contributed by atoms with Crippen molar-refractivity contribution in [2.45, 2.75) is 39.2 Å². The van der Waals surface area contributed by atoms with E-state index in [1.54, 1.807) is 19.1 Å². The maximum Gasteiger partial charge on any atom is 0.163 e. The van der Waals surface area contributed by atoms with Crippen molar-refractivity contribution in [2.75, 3.05) is 0 Å². The first kappa shape index (κ1) is 12.1. The van der Waals surface area contributed by atoms with Gasteiger partial charge in [0, 0.05) is 11.6 Å². The molecule has 0 heterocycles. The van der Waals surface area contributed by atoms with Crippen LogP contribution in [0, 0.1) is 18.6 Å². The minimum atomic E-state index is -0.793. The van der Waals surface area contributed by atoms with E-state index >= 15 is 0 Å². The molecule has 3 heteroatoms. The van der Waals surface area contributed by atoms with Crippen LogP contribution in [0.15, 0.2) is 12.1 Å². The van der Waals surface area contributed by atoms with Crippen LogP contribution in [0.4, 0.5) is 8.78 Å². The van der Waals surface area contributed by atoms with Crippen LogP contribution in [0.2, 0.25) is 0 Å². The maximum absolute atomic E-state index is 13.5. The fourth-order valence-electron chi connectivity index (χ4n) is 1.53. The van der Waals surface area contributed by atoms with Crippen molar-refractivity contribution in [3.05, 3.63) is 34.9 Å². The van der Waals surface area contributed by atoms with Gasteiger partial charge in [-0.15, -0.1) is 0 Å². The number of aryl methyl sites for hydroxylation is 1. The van der Waals surface area contributed by atoms with Crippen molar-refractivity contribution in [1.82, 2.24) is 0 Å². The van der Waals surface area contributed by atoms with E-state index < -0.39 is 17.7 Å². The van der Waals surface area contributed by atoms with Crippen molar-refractivity contribution in [3.8, 4) is 0 Å². The van der Waals surface area contributed by atoms with Crippen molar-refractivity contribution in [3.63, 3.8) is 0 Å². The Hall–Kier alpha value is -0.960. The third-order valence-corrected chi connectivity index (χ3v) is 2.57. The summed E-state index contributed by atoms with van der Waals surface area (Å²) in [5, 5.41) is 0. The third-order valence-electron chi connectivity index (χ3n) is 2.57. The van der Waals surface area contributed by atoms with E-state index in [0.717, 1.165) is 12.8 Å². The second-order valence-corrected chi connectivity index (χ2v) is 3.85. The molecule has 2 N–H and O–H groups in total. The van der Waals surface area contributed by atoms with E-state index in [1.165, 1.54) is 0 Å². The molecule has 1 aromatic carbocycles. The van der Waals surface area contributed by atoms with E-state index in [9.17, 15) is 8.78 Å². The van der Waals surface area contributed by atoms with Crippen LogP contribution in [0.5, 0.6) is 0 Å². The molecule has 0 fully saturated rings. The first-order valence-corrected chi connectivity index (χ1v) is 5.28. The van der Waals surface area contributed by atoms with Gasteiger partial charge in [0.1, 0.15) is 0 Å². The molecule has 15 heavy (non-hydrogen) atoms. The summed E-state index contributed by atoms with van der Waals surface area (Å²) in [4.78, 5) is 0. The van der Waals surface area contributed by atoms with E-state index in [4.69, 9.17) is 5.73 Å². The number of halogens is 2. The molecule has 0 spiro atoms. The Morgan fingerprint density at radius 2 is 1.93 bits per heavy atom. The molecule has 84 valence electrons. The molecule has 0 saturated carbocycles. The lowest BCUT2D eigenvalue weighted by atomic mass is 10.00. The predicted molar refractivity (Wildman–Crippen MR) is 57.5 cm³/mol. The molecule has 0 aliphatic rings. The van der Waals surface area contributed by atoms with Gasteiger partial charge >= 0.3 is 0 Å². The molecule has 0 unspecified atom stereocenters. The molecule has 1 atom stereocenters. The molecule has 0 aliphatic heterocycles. The molecule has 0 radical (unpaired) electrons. The molecule has 0 aliphatic carbocycles. The molecule has 0 amide bonds. The highest BCUT2D eigenvalue weighted by Crippen LogP contribution is 2.23. The van der Waals surface area contributed by atoms with Gasteiger partial charge in [-0.05, 0) is 18.9 Å². The lowest BCUT2D eigenvalue weighted by Gasteiger charge is -2.13. The highest BCUT2D eigenvalue weighted by Gasteiger charge is 2.15. The maximum atomic E-state index is 13.5. The quantitative estimate of drug-likeness (QED) is 0.814. The van der Waals surface area contributed by atoms with E-state index in [2.05, 4.69) is 0 Å².